The lowest BCUT2D eigenvalue weighted by Gasteiger charge is -2.05. The van der Waals surface area contributed by atoms with Crippen LogP contribution in [0.5, 0.6) is 0 Å². The van der Waals surface area contributed by atoms with Crippen LogP contribution >= 0.6 is 23.1 Å². The predicted molar refractivity (Wildman–Crippen MR) is 97.9 cm³/mol. The van der Waals surface area contributed by atoms with E-state index in [0.29, 0.717) is 12.3 Å². The van der Waals surface area contributed by atoms with Gasteiger partial charge in [-0.25, -0.2) is 4.98 Å². The number of carbonyl (C=O) groups is 1. The van der Waals surface area contributed by atoms with Crippen LogP contribution in [0, 0.1) is 0 Å². The highest BCUT2D eigenvalue weighted by Gasteiger charge is 2.18. The van der Waals surface area contributed by atoms with E-state index in [2.05, 4.69) is 32.3 Å². The van der Waals surface area contributed by atoms with Gasteiger partial charge in [0, 0.05) is 5.75 Å². The molecular weight excluding hydrogens is 358 g/mol. The number of carbonyl (C=O) groups excluding carboxylic acids is 1. The van der Waals surface area contributed by atoms with E-state index in [-0.39, 0.29) is 18.4 Å². The van der Waals surface area contributed by atoms with E-state index in [1.807, 2.05) is 13.0 Å². The number of benzene rings is 1. The number of hydrogen-bond acceptors (Lipinski definition) is 8. The van der Waals surface area contributed by atoms with Gasteiger partial charge in [-0.3, -0.25) is 9.79 Å². The number of aromatic nitrogens is 3. The number of amides is 1. The molecular formula is C16H15N5O2S2. The Morgan fingerprint density at radius 3 is 2.96 bits per heavy atom. The molecule has 0 spiro atoms. The molecule has 1 aliphatic heterocycles. The Morgan fingerprint density at radius 2 is 2.20 bits per heavy atom. The fourth-order valence-corrected chi connectivity index (χ4v) is 4.52. The zero-order valence-electron chi connectivity index (χ0n) is 13.4. The second-order valence-electron chi connectivity index (χ2n) is 5.72. The van der Waals surface area contributed by atoms with Crippen molar-refractivity contribution in [2.75, 3.05) is 5.75 Å². The standard InChI is InChI=1S/C16H15N5O2S2/c1-8-18-11(7-24-8)9-2-3-10-12(4-9)25-16(19-10)6-15-21-20-14(23-15)5-13(17)22/h2-4,11H,5-7H2,1H3,(H2,17,22). The number of hydrogen-bond donors (Lipinski definition) is 1. The van der Waals surface area contributed by atoms with Crippen LogP contribution in [-0.2, 0) is 17.6 Å². The zero-order valence-corrected chi connectivity index (χ0v) is 15.1. The van der Waals surface area contributed by atoms with E-state index in [4.69, 9.17) is 10.2 Å². The first-order valence-electron chi connectivity index (χ1n) is 7.73. The number of primary amides is 1. The van der Waals surface area contributed by atoms with Crippen molar-refractivity contribution in [3.63, 3.8) is 0 Å². The molecule has 0 fully saturated rings. The number of nitrogens with zero attached hydrogens (tertiary/aromatic N) is 4. The molecule has 2 aromatic heterocycles. The second-order valence-corrected chi connectivity index (χ2v) is 8.05. The third kappa shape index (κ3) is 3.57. The van der Waals surface area contributed by atoms with Crippen molar-refractivity contribution in [1.82, 2.24) is 15.2 Å². The van der Waals surface area contributed by atoms with E-state index < -0.39 is 5.91 Å². The van der Waals surface area contributed by atoms with Crippen LogP contribution in [0.25, 0.3) is 10.2 Å². The van der Waals surface area contributed by atoms with Gasteiger partial charge in [0.15, 0.2) is 0 Å². The molecule has 0 aliphatic carbocycles. The van der Waals surface area contributed by atoms with Crippen LogP contribution in [-0.4, -0.2) is 31.9 Å². The largest absolute Gasteiger partial charge is 0.424 e. The van der Waals surface area contributed by atoms with Crippen molar-refractivity contribution < 1.29 is 9.21 Å². The molecule has 25 heavy (non-hydrogen) atoms. The van der Waals surface area contributed by atoms with Crippen LogP contribution in [0.15, 0.2) is 27.6 Å². The number of thiazole rings is 1. The van der Waals surface area contributed by atoms with Crippen LogP contribution in [0.4, 0.5) is 0 Å². The minimum atomic E-state index is -0.495. The third-order valence-electron chi connectivity index (χ3n) is 3.77. The molecule has 7 nitrogen and oxygen atoms in total. The molecule has 4 rings (SSSR count). The predicted octanol–water partition coefficient (Wildman–Crippen LogP) is 2.50. The highest BCUT2D eigenvalue weighted by molar-refractivity contribution is 8.14. The van der Waals surface area contributed by atoms with E-state index in [1.165, 1.54) is 5.56 Å². The summed E-state index contributed by atoms with van der Waals surface area (Å²) >= 11 is 3.40. The maximum Gasteiger partial charge on any atom is 0.226 e. The average molecular weight is 373 g/mol. The highest BCUT2D eigenvalue weighted by atomic mass is 32.2. The number of aliphatic imine (C=N–C) groups is 1. The Bertz CT molecular complexity index is 978. The van der Waals surface area contributed by atoms with Crippen LogP contribution in [0.1, 0.15) is 35.3 Å². The van der Waals surface area contributed by atoms with E-state index >= 15 is 0 Å². The van der Waals surface area contributed by atoms with Gasteiger partial charge in [-0.15, -0.1) is 33.3 Å². The topological polar surface area (TPSA) is 107 Å². The van der Waals surface area contributed by atoms with Gasteiger partial charge >= 0.3 is 0 Å². The molecule has 1 unspecified atom stereocenters. The maximum absolute atomic E-state index is 10.9. The van der Waals surface area contributed by atoms with Gasteiger partial charge in [-0.05, 0) is 24.6 Å². The Kier molecular flexibility index (Phi) is 4.26. The molecule has 9 heteroatoms. The molecule has 0 saturated heterocycles. The molecule has 128 valence electrons. The molecule has 1 aliphatic rings. The van der Waals surface area contributed by atoms with E-state index in [9.17, 15) is 4.79 Å². The van der Waals surface area contributed by atoms with Gasteiger partial charge in [0.2, 0.25) is 17.7 Å². The average Bonchev–Trinajstić information content (AvgIpc) is 3.26. The van der Waals surface area contributed by atoms with Gasteiger partial charge in [0.25, 0.3) is 0 Å². The Balaban J connectivity index is 1.55. The molecule has 1 amide bonds. The summed E-state index contributed by atoms with van der Waals surface area (Å²) in [5.41, 5.74) is 7.29. The van der Waals surface area contributed by atoms with Crippen molar-refractivity contribution in [2.45, 2.75) is 25.8 Å². The molecule has 0 bridgehead atoms. The smallest absolute Gasteiger partial charge is 0.226 e. The van der Waals surface area contributed by atoms with E-state index in [0.717, 1.165) is 26.0 Å². The monoisotopic (exact) mass is 373 g/mol. The number of thioether (sulfide) groups is 1. The molecule has 2 N–H and O–H groups in total. The molecule has 1 atom stereocenters. The normalized spacial score (nSPS) is 17.2. The van der Waals surface area contributed by atoms with Gasteiger partial charge < -0.3 is 10.2 Å². The lowest BCUT2D eigenvalue weighted by Crippen LogP contribution is -2.13. The lowest BCUT2D eigenvalue weighted by atomic mass is 10.1. The van der Waals surface area contributed by atoms with Gasteiger partial charge in [0.05, 0.1) is 27.7 Å². The van der Waals surface area contributed by atoms with Gasteiger partial charge in [-0.1, -0.05) is 6.07 Å². The second kappa shape index (κ2) is 6.57. The third-order valence-corrected chi connectivity index (χ3v) is 5.79. The first-order valence-corrected chi connectivity index (χ1v) is 9.53. The van der Waals surface area contributed by atoms with Crippen molar-refractivity contribution in [3.05, 3.63) is 40.6 Å². The van der Waals surface area contributed by atoms with Crippen molar-refractivity contribution in [3.8, 4) is 0 Å². The minimum Gasteiger partial charge on any atom is -0.424 e. The number of fused-ring (bicyclic) bond motifs is 1. The van der Waals surface area contributed by atoms with Crippen LogP contribution < -0.4 is 5.73 Å². The van der Waals surface area contributed by atoms with Crippen molar-refractivity contribution in [1.29, 1.82) is 0 Å². The quantitative estimate of drug-likeness (QED) is 0.736. The van der Waals surface area contributed by atoms with Crippen LogP contribution in [0.2, 0.25) is 0 Å². The summed E-state index contributed by atoms with van der Waals surface area (Å²) < 4.78 is 6.55. The summed E-state index contributed by atoms with van der Waals surface area (Å²) in [6.45, 7) is 2.05. The molecule has 1 aromatic carbocycles. The summed E-state index contributed by atoms with van der Waals surface area (Å²) in [7, 11) is 0. The summed E-state index contributed by atoms with van der Waals surface area (Å²) in [5.74, 6) is 1.17. The van der Waals surface area contributed by atoms with Crippen molar-refractivity contribution in [2.24, 2.45) is 10.7 Å². The van der Waals surface area contributed by atoms with Crippen LogP contribution in [0.3, 0.4) is 0 Å². The minimum absolute atomic E-state index is 0.0461. The number of nitrogens with two attached hydrogens (primary N) is 1. The first kappa shape index (κ1) is 16.2. The zero-order chi connectivity index (χ0) is 17.4. The molecule has 0 saturated carbocycles. The van der Waals surface area contributed by atoms with Crippen molar-refractivity contribution >= 4 is 44.3 Å². The van der Waals surface area contributed by atoms with Gasteiger partial charge in [-0.2, -0.15) is 0 Å². The highest BCUT2D eigenvalue weighted by Crippen LogP contribution is 2.33. The Morgan fingerprint density at radius 1 is 1.36 bits per heavy atom. The summed E-state index contributed by atoms with van der Waals surface area (Å²) in [6.07, 6.45) is 0.395. The molecule has 3 heterocycles. The fraction of sp³-hybridized carbons (Fsp3) is 0.312. The molecule has 0 radical (unpaired) electrons. The summed E-state index contributed by atoms with van der Waals surface area (Å²) in [5, 5.41) is 9.80. The maximum atomic E-state index is 10.9. The van der Waals surface area contributed by atoms with E-state index in [1.54, 1.807) is 23.1 Å². The first-order chi connectivity index (χ1) is 12.1. The molecule has 3 aromatic rings. The lowest BCUT2D eigenvalue weighted by molar-refractivity contribution is -0.117. The Labute approximate surface area is 151 Å². The number of rotatable bonds is 5. The SMILES string of the molecule is CC1=NC(c2ccc3nc(Cc4nnc(CC(N)=O)o4)sc3c2)CS1. The summed E-state index contributed by atoms with van der Waals surface area (Å²) in [6, 6.07) is 6.52. The fourth-order valence-electron chi connectivity index (χ4n) is 2.65. The Hall–Kier alpha value is -2.26. The summed E-state index contributed by atoms with van der Waals surface area (Å²) in [4.78, 5) is 20.2. The van der Waals surface area contributed by atoms with Gasteiger partial charge in [0.1, 0.15) is 11.4 Å².